The number of amides is 1. The van der Waals surface area contributed by atoms with Gasteiger partial charge in [-0.25, -0.2) is 24.6 Å². The first kappa shape index (κ1) is 21.9. The van der Waals surface area contributed by atoms with Crippen molar-refractivity contribution in [3.8, 4) is 5.95 Å². The van der Waals surface area contributed by atoms with Gasteiger partial charge in [0.25, 0.3) is 5.95 Å². The van der Waals surface area contributed by atoms with E-state index in [-0.39, 0.29) is 12.3 Å². The minimum absolute atomic E-state index is 0.155. The fourth-order valence-electron chi connectivity index (χ4n) is 4.49. The summed E-state index contributed by atoms with van der Waals surface area (Å²) in [5.41, 5.74) is 5.81. The third-order valence-corrected chi connectivity index (χ3v) is 6.15. The lowest BCUT2D eigenvalue weighted by atomic mass is 10.1. The maximum atomic E-state index is 13.2. The van der Waals surface area contributed by atoms with Gasteiger partial charge >= 0.3 is 0 Å². The summed E-state index contributed by atoms with van der Waals surface area (Å²) < 4.78 is 1.71. The lowest BCUT2D eigenvalue weighted by molar-refractivity contribution is -0.115. The van der Waals surface area contributed by atoms with Gasteiger partial charge < -0.3 is 10.2 Å². The number of carbonyl (C=O) groups is 1. The Morgan fingerprint density at radius 3 is 2.26 bits per heavy atom. The quantitative estimate of drug-likeness (QED) is 0.489. The van der Waals surface area contributed by atoms with Crippen molar-refractivity contribution in [2.45, 2.75) is 47.0 Å². The Morgan fingerprint density at radius 1 is 0.941 bits per heavy atom. The number of aromatic nitrogens is 6. The minimum atomic E-state index is -0.155. The molecule has 0 aliphatic carbocycles. The predicted octanol–water partition coefficient (Wildman–Crippen LogP) is 3.62. The van der Waals surface area contributed by atoms with Crippen LogP contribution in [0.5, 0.6) is 0 Å². The van der Waals surface area contributed by atoms with Crippen LogP contribution in [0.1, 0.15) is 41.2 Å². The standard InChI is InChI=1S/C25H28N8O/c1-15-13-16(2)27-25(26-15)33-18(4)19(17(3)31-33)14-22(34)30-23-24(32-11-7-8-12-32)29-21-10-6-5-9-20(21)28-23/h5-6,9-10,13H,7-8,11-12,14H2,1-4H3,(H,28,30,34). The summed E-state index contributed by atoms with van der Waals surface area (Å²) in [6, 6.07) is 9.66. The molecule has 34 heavy (non-hydrogen) atoms. The van der Waals surface area contributed by atoms with Gasteiger partial charge in [-0.1, -0.05) is 12.1 Å². The molecule has 1 fully saturated rings. The topological polar surface area (TPSA) is 102 Å². The molecule has 1 saturated heterocycles. The monoisotopic (exact) mass is 456 g/mol. The predicted molar refractivity (Wildman–Crippen MR) is 131 cm³/mol. The number of hydrogen-bond donors (Lipinski definition) is 1. The molecule has 174 valence electrons. The van der Waals surface area contributed by atoms with E-state index in [4.69, 9.17) is 9.97 Å². The fourth-order valence-corrected chi connectivity index (χ4v) is 4.49. The number of nitrogens with one attached hydrogen (secondary N) is 1. The first-order valence-electron chi connectivity index (χ1n) is 11.6. The van der Waals surface area contributed by atoms with E-state index >= 15 is 0 Å². The molecule has 9 nitrogen and oxygen atoms in total. The molecule has 0 atom stereocenters. The van der Waals surface area contributed by atoms with Crippen molar-refractivity contribution in [1.29, 1.82) is 0 Å². The molecule has 5 rings (SSSR count). The molecule has 0 bridgehead atoms. The summed E-state index contributed by atoms with van der Waals surface area (Å²) >= 11 is 0. The number of para-hydroxylation sites is 2. The maximum absolute atomic E-state index is 13.2. The number of benzene rings is 1. The first-order valence-corrected chi connectivity index (χ1v) is 11.6. The van der Waals surface area contributed by atoms with Crippen LogP contribution in [0.15, 0.2) is 30.3 Å². The van der Waals surface area contributed by atoms with Crippen LogP contribution < -0.4 is 10.2 Å². The van der Waals surface area contributed by atoms with Crippen molar-refractivity contribution >= 4 is 28.6 Å². The fraction of sp³-hybridized carbons (Fsp3) is 0.360. The van der Waals surface area contributed by atoms with Gasteiger partial charge in [0.2, 0.25) is 5.91 Å². The normalized spacial score (nSPS) is 13.6. The Labute approximate surface area is 198 Å². The number of hydrogen-bond acceptors (Lipinski definition) is 7. The molecule has 1 aromatic carbocycles. The number of carbonyl (C=O) groups excluding carboxylic acids is 1. The highest BCUT2D eigenvalue weighted by atomic mass is 16.1. The van der Waals surface area contributed by atoms with Crippen molar-refractivity contribution in [2.75, 3.05) is 23.3 Å². The van der Waals surface area contributed by atoms with Crippen LogP contribution in [0.2, 0.25) is 0 Å². The summed E-state index contributed by atoms with van der Waals surface area (Å²) in [5.74, 6) is 1.60. The zero-order valence-corrected chi connectivity index (χ0v) is 20.0. The smallest absolute Gasteiger partial charge is 0.251 e. The average Bonchev–Trinajstić information content (AvgIpc) is 3.42. The van der Waals surface area contributed by atoms with Gasteiger partial charge in [-0.3, -0.25) is 4.79 Å². The molecule has 0 spiro atoms. The molecule has 1 aliphatic heterocycles. The molecule has 3 aromatic heterocycles. The highest BCUT2D eigenvalue weighted by Crippen LogP contribution is 2.28. The van der Waals surface area contributed by atoms with E-state index in [1.165, 1.54) is 0 Å². The summed E-state index contributed by atoms with van der Waals surface area (Å²) in [5, 5.41) is 7.65. The second kappa shape index (κ2) is 8.81. The van der Waals surface area contributed by atoms with Crippen LogP contribution in [-0.4, -0.2) is 48.7 Å². The summed E-state index contributed by atoms with van der Waals surface area (Å²) in [7, 11) is 0. The van der Waals surface area contributed by atoms with Gasteiger partial charge in [-0.2, -0.15) is 5.10 Å². The van der Waals surface area contributed by atoms with Crippen LogP contribution in [0, 0.1) is 27.7 Å². The molecule has 1 N–H and O–H groups in total. The molecule has 0 unspecified atom stereocenters. The van der Waals surface area contributed by atoms with E-state index < -0.39 is 0 Å². The Bertz CT molecular complexity index is 1370. The van der Waals surface area contributed by atoms with Crippen LogP contribution in [0.3, 0.4) is 0 Å². The summed E-state index contributed by atoms with van der Waals surface area (Å²) in [4.78, 5) is 34.0. The average molecular weight is 457 g/mol. The van der Waals surface area contributed by atoms with Gasteiger partial charge in [-0.05, 0) is 58.7 Å². The number of anilines is 2. The van der Waals surface area contributed by atoms with E-state index in [0.717, 1.165) is 71.1 Å². The summed E-state index contributed by atoms with van der Waals surface area (Å²) in [6.45, 7) is 9.53. The highest BCUT2D eigenvalue weighted by Gasteiger charge is 2.22. The molecular weight excluding hydrogens is 428 g/mol. The molecule has 4 heterocycles. The Morgan fingerprint density at radius 2 is 1.59 bits per heavy atom. The molecule has 9 heteroatoms. The number of rotatable bonds is 5. The summed E-state index contributed by atoms with van der Waals surface area (Å²) in [6.07, 6.45) is 2.40. The number of aryl methyl sites for hydroxylation is 3. The lowest BCUT2D eigenvalue weighted by Crippen LogP contribution is -2.24. The Balaban J connectivity index is 1.44. The van der Waals surface area contributed by atoms with E-state index in [1.807, 2.05) is 58.0 Å². The SMILES string of the molecule is Cc1cc(C)nc(-n2nc(C)c(CC(=O)Nc3nc4ccccc4nc3N3CCCC3)c2C)n1. The van der Waals surface area contributed by atoms with Gasteiger partial charge in [-0.15, -0.1) is 0 Å². The van der Waals surface area contributed by atoms with Crippen molar-refractivity contribution in [3.05, 3.63) is 58.7 Å². The van der Waals surface area contributed by atoms with Crippen molar-refractivity contribution < 1.29 is 4.79 Å². The van der Waals surface area contributed by atoms with E-state index in [9.17, 15) is 4.79 Å². The second-order valence-corrected chi connectivity index (χ2v) is 8.82. The van der Waals surface area contributed by atoms with Gasteiger partial charge in [0.05, 0.1) is 23.1 Å². The molecule has 4 aromatic rings. The Hall–Kier alpha value is -3.88. The molecule has 0 saturated carbocycles. The van der Waals surface area contributed by atoms with Crippen molar-refractivity contribution in [3.63, 3.8) is 0 Å². The van der Waals surface area contributed by atoms with Gasteiger partial charge in [0.15, 0.2) is 11.6 Å². The van der Waals surface area contributed by atoms with Crippen LogP contribution >= 0.6 is 0 Å². The molecule has 1 amide bonds. The van der Waals surface area contributed by atoms with Crippen LogP contribution in [-0.2, 0) is 11.2 Å². The third kappa shape index (κ3) is 4.21. The van der Waals surface area contributed by atoms with Gasteiger partial charge in [0.1, 0.15) is 0 Å². The molecular formula is C25H28N8O. The lowest BCUT2D eigenvalue weighted by Gasteiger charge is -2.20. The van der Waals surface area contributed by atoms with E-state index in [1.54, 1.807) is 4.68 Å². The number of fused-ring (bicyclic) bond motifs is 1. The van der Waals surface area contributed by atoms with Crippen molar-refractivity contribution in [2.24, 2.45) is 0 Å². The maximum Gasteiger partial charge on any atom is 0.251 e. The first-order chi connectivity index (χ1) is 16.4. The van der Waals surface area contributed by atoms with Crippen LogP contribution in [0.4, 0.5) is 11.6 Å². The van der Waals surface area contributed by atoms with Crippen LogP contribution in [0.25, 0.3) is 17.0 Å². The number of nitrogens with zero attached hydrogens (tertiary/aromatic N) is 7. The molecule has 1 aliphatic rings. The van der Waals surface area contributed by atoms with E-state index in [2.05, 4.69) is 25.3 Å². The third-order valence-electron chi connectivity index (χ3n) is 6.15. The Kier molecular flexibility index (Phi) is 5.69. The zero-order valence-electron chi connectivity index (χ0n) is 20.0. The zero-order chi connectivity index (χ0) is 23.8. The van der Waals surface area contributed by atoms with Crippen molar-refractivity contribution in [1.82, 2.24) is 29.7 Å². The highest BCUT2D eigenvalue weighted by molar-refractivity contribution is 5.95. The van der Waals surface area contributed by atoms with Gasteiger partial charge in [0, 0.05) is 35.7 Å². The minimum Gasteiger partial charge on any atom is -0.354 e. The second-order valence-electron chi connectivity index (χ2n) is 8.82. The van der Waals surface area contributed by atoms with E-state index in [0.29, 0.717) is 11.8 Å². The molecule has 0 radical (unpaired) electrons. The largest absolute Gasteiger partial charge is 0.354 e.